The minimum atomic E-state index is -0.433. The number of nitro groups is 1. The first kappa shape index (κ1) is 11.4. The van der Waals surface area contributed by atoms with Crippen LogP contribution in [0.1, 0.15) is 5.56 Å². The van der Waals surface area contributed by atoms with E-state index in [1.165, 1.54) is 6.07 Å². The van der Waals surface area contributed by atoms with Gasteiger partial charge in [0, 0.05) is 18.7 Å². The van der Waals surface area contributed by atoms with Gasteiger partial charge in [-0.2, -0.15) is 12.6 Å². The minimum absolute atomic E-state index is 0.0310. The van der Waals surface area contributed by atoms with Crippen LogP contribution in [0.2, 0.25) is 0 Å². The molecule has 0 amide bonds. The van der Waals surface area contributed by atoms with E-state index in [1.54, 1.807) is 19.2 Å². The molecule has 78 valence electrons. The van der Waals surface area contributed by atoms with Gasteiger partial charge in [-0.3, -0.25) is 10.1 Å². The molecule has 0 aromatic heterocycles. The Hall–Kier alpha value is -1.67. The van der Waals surface area contributed by atoms with Crippen molar-refractivity contribution in [1.82, 2.24) is 0 Å². The van der Waals surface area contributed by atoms with Gasteiger partial charge in [0.25, 0.3) is 5.69 Å². The SMILES string of the molecule is CNc1ccc(C#CCS)cc1[N+](=O)[O-]. The molecular formula is C10H10N2O2S. The summed E-state index contributed by atoms with van der Waals surface area (Å²) in [7, 11) is 1.64. The van der Waals surface area contributed by atoms with E-state index in [1.807, 2.05) is 0 Å². The topological polar surface area (TPSA) is 55.2 Å². The second kappa shape index (κ2) is 5.27. The molecule has 0 unspecified atom stereocenters. The van der Waals surface area contributed by atoms with Gasteiger partial charge in [0.2, 0.25) is 0 Å². The Morgan fingerprint density at radius 1 is 1.60 bits per heavy atom. The maximum Gasteiger partial charge on any atom is 0.293 e. The van der Waals surface area contributed by atoms with Crippen LogP contribution in [0.3, 0.4) is 0 Å². The van der Waals surface area contributed by atoms with Crippen molar-refractivity contribution in [1.29, 1.82) is 0 Å². The van der Waals surface area contributed by atoms with Crippen LogP contribution < -0.4 is 5.32 Å². The first-order valence-corrected chi connectivity index (χ1v) is 4.88. The van der Waals surface area contributed by atoms with Crippen molar-refractivity contribution in [3.63, 3.8) is 0 Å². The summed E-state index contributed by atoms with van der Waals surface area (Å²) in [5.41, 5.74) is 1.13. The predicted octanol–water partition coefficient (Wildman–Crippen LogP) is 1.92. The predicted molar refractivity (Wildman–Crippen MR) is 63.4 cm³/mol. The number of nitrogens with one attached hydrogen (secondary N) is 1. The zero-order valence-corrected chi connectivity index (χ0v) is 9.04. The van der Waals surface area contributed by atoms with E-state index in [2.05, 4.69) is 29.8 Å². The molecule has 0 heterocycles. The Morgan fingerprint density at radius 2 is 2.33 bits per heavy atom. The maximum absolute atomic E-state index is 10.7. The molecule has 4 nitrogen and oxygen atoms in total. The number of nitrogens with zero attached hydrogens (tertiary/aromatic N) is 1. The Bertz CT molecular complexity index is 435. The molecule has 0 aliphatic heterocycles. The zero-order chi connectivity index (χ0) is 11.3. The molecular weight excluding hydrogens is 212 g/mol. The van der Waals surface area contributed by atoms with Gasteiger partial charge < -0.3 is 5.32 Å². The molecule has 1 N–H and O–H groups in total. The number of hydrogen-bond acceptors (Lipinski definition) is 4. The largest absolute Gasteiger partial charge is 0.383 e. The third kappa shape index (κ3) is 2.89. The number of nitro benzene ring substituents is 1. The van der Waals surface area contributed by atoms with E-state index >= 15 is 0 Å². The van der Waals surface area contributed by atoms with Crippen LogP contribution in [-0.4, -0.2) is 17.7 Å². The quantitative estimate of drug-likeness (QED) is 0.348. The molecule has 0 atom stereocenters. The summed E-state index contributed by atoms with van der Waals surface area (Å²) >= 11 is 3.94. The normalized spacial score (nSPS) is 8.93. The summed E-state index contributed by atoms with van der Waals surface area (Å²) in [5.74, 6) is 5.95. The lowest BCUT2D eigenvalue weighted by Crippen LogP contribution is -1.96. The van der Waals surface area contributed by atoms with Crippen molar-refractivity contribution < 1.29 is 4.92 Å². The summed E-state index contributed by atoms with van der Waals surface area (Å²) < 4.78 is 0. The fourth-order valence-corrected chi connectivity index (χ4v) is 1.19. The maximum atomic E-state index is 10.7. The van der Waals surface area contributed by atoms with Crippen LogP contribution in [0.15, 0.2) is 18.2 Å². The molecule has 0 aliphatic carbocycles. The number of hydrogen-bond donors (Lipinski definition) is 2. The van der Waals surface area contributed by atoms with E-state index < -0.39 is 4.92 Å². The van der Waals surface area contributed by atoms with E-state index in [9.17, 15) is 10.1 Å². The Balaban J connectivity index is 3.16. The smallest absolute Gasteiger partial charge is 0.293 e. The van der Waals surface area contributed by atoms with Gasteiger partial charge in [-0.25, -0.2) is 0 Å². The van der Waals surface area contributed by atoms with Crippen LogP contribution >= 0.6 is 12.6 Å². The zero-order valence-electron chi connectivity index (χ0n) is 8.15. The molecule has 15 heavy (non-hydrogen) atoms. The highest BCUT2D eigenvalue weighted by atomic mass is 32.1. The highest BCUT2D eigenvalue weighted by Crippen LogP contribution is 2.24. The first-order chi connectivity index (χ1) is 7.19. The summed E-state index contributed by atoms with van der Waals surface area (Å²) in [4.78, 5) is 10.3. The number of anilines is 1. The van der Waals surface area contributed by atoms with E-state index in [4.69, 9.17) is 0 Å². The van der Waals surface area contributed by atoms with Crippen molar-refractivity contribution in [3.05, 3.63) is 33.9 Å². The van der Waals surface area contributed by atoms with E-state index in [0.717, 1.165) is 0 Å². The van der Waals surface area contributed by atoms with Gasteiger partial charge in [0.05, 0.1) is 10.7 Å². The third-order valence-electron chi connectivity index (χ3n) is 1.78. The molecule has 0 saturated heterocycles. The van der Waals surface area contributed by atoms with Gasteiger partial charge in [-0.1, -0.05) is 11.8 Å². The van der Waals surface area contributed by atoms with Gasteiger partial charge >= 0.3 is 0 Å². The lowest BCUT2D eigenvalue weighted by molar-refractivity contribution is -0.384. The second-order valence-corrected chi connectivity index (χ2v) is 3.02. The van der Waals surface area contributed by atoms with Crippen LogP contribution in [0, 0.1) is 22.0 Å². The molecule has 1 aromatic carbocycles. The Labute approximate surface area is 93.2 Å². The number of thiol groups is 1. The first-order valence-electron chi connectivity index (χ1n) is 4.25. The molecule has 0 saturated carbocycles. The van der Waals surface area contributed by atoms with Crippen molar-refractivity contribution >= 4 is 24.0 Å². The van der Waals surface area contributed by atoms with Gasteiger partial charge in [-0.15, -0.1) is 0 Å². The van der Waals surface area contributed by atoms with Crippen molar-refractivity contribution in [2.45, 2.75) is 0 Å². The molecule has 1 aromatic rings. The van der Waals surface area contributed by atoms with Gasteiger partial charge in [-0.05, 0) is 12.1 Å². The van der Waals surface area contributed by atoms with E-state index in [0.29, 0.717) is 17.0 Å². The van der Waals surface area contributed by atoms with Crippen LogP contribution in [-0.2, 0) is 0 Å². The Kier molecular flexibility index (Phi) is 4.01. The summed E-state index contributed by atoms with van der Waals surface area (Å²) in [6.07, 6.45) is 0. The van der Waals surface area contributed by atoms with Gasteiger partial charge in [0.15, 0.2) is 0 Å². The van der Waals surface area contributed by atoms with Crippen molar-refractivity contribution in [2.24, 2.45) is 0 Å². The van der Waals surface area contributed by atoms with Crippen molar-refractivity contribution in [2.75, 3.05) is 18.1 Å². The lowest BCUT2D eigenvalue weighted by atomic mass is 10.2. The van der Waals surface area contributed by atoms with Crippen LogP contribution in [0.4, 0.5) is 11.4 Å². The lowest BCUT2D eigenvalue weighted by Gasteiger charge is -2.01. The Morgan fingerprint density at radius 3 is 2.87 bits per heavy atom. The monoisotopic (exact) mass is 222 g/mol. The fourth-order valence-electron chi connectivity index (χ4n) is 1.11. The van der Waals surface area contributed by atoms with Gasteiger partial charge in [0.1, 0.15) is 5.69 Å². The molecule has 5 heteroatoms. The fraction of sp³-hybridized carbons (Fsp3) is 0.200. The average Bonchev–Trinajstić information content (AvgIpc) is 2.25. The molecule has 0 bridgehead atoms. The third-order valence-corrected chi connectivity index (χ3v) is 1.93. The average molecular weight is 222 g/mol. The molecule has 1 rings (SSSR count). The molecule has 0 spiro atoms. The number of benzene rings is 1. The van der Waals surface area contributed by atoms with Crippen LogP contribution in [0.25, 0.3) is 0 Å². The summed E-state index contributed by atoms with van der Waals surface area (Å²) in [5, 5.41) is 13.5. The molecule has 0 radical (unpaired) electrons. The number of rotatable bonds is 2. The summed E-state index contributed by atoms with van der Waals surface area (Å²) in [6, 6.07) is 4.82. The van der Waals surface area contributed by atoms with Crippen LogP contribution in [0.5, 0.6) is 0 Å². The standard InChI is InChI=1S/C10H10N2O2S/c1-11-9-5-4-8(3-2-6-15)7-10(9)12(13)14/h4-5,7,11,15H,6H2,1H3. The molecule has 0 fully saturated rings. The van der Waals surface area contributed by atoms with E-state index in [-0.39, 0.29) is 5.69 Å². The minimum Gasteiger partial charge on any atom is -0.383 e. The highest BCUT2D eigenvalue weighted by Gasteiger charge is 2.12. The second-order valence-electron chi connectivity index (χ2n) is 2.70. The summed E-state index contributed by atoms with van der Waals surface area (Å²) in [6.45, 7) is 0. The molecule has 0 aliphatic rings. The van der Waals surface area contributed by atoms with Crippen molar-refractivity contribution in [3.8, 4) is 11.8 Å². The highest BCUT2D eigenvalue weighted by molar-refractivity contribution is 7.80.